The Bertz CT molecular complexity index is 1360. The Morgan fingerprint density at radius 2 is 1.72 bits per heavy atom. The second-order valence-electron chi connectivity index (χ2n) is 9.17. The van der Waals surface area contributed by atoms with E-state index in [2.05, 4.69) is 17.4 Å². The summed E-state index contributed by atoms with van der Waals surface area (Å²) in [5.41, 5.74) is 4.82. The Balaban J connectivity index is 1.63. The highest BCUT2D eigenvalue weighted by molar-refractivity contribution is 7.92. The van der Waals surface area contributed by atoms with E-state index in [0.717, 1.165) is 28.3 Å². The quantitative estimate of drug-likeness (QED) is 0.414. The normalized spacial score (nSPS) is 14.0. The molecule has 3 aromatic rings. The number of fused-ring (bicyclic) bond motifs is 1. The third kappa shape index (κ3) is 5.68. The number of nitrogens with zero attached hydrogens (tertiary/aromatic N) is 1. The smallest absolute Gasteiger partial charge is 0.264 e. The fraction of sp³-hybridized carbons (Fsp3) is 0.321. The van der Waals surface area contributed by atoms with Crippen LogP contribution in [0.5, 0.6) is 5.75 Å². The van der Waals surface area contributed by atoms with Gasteiger partial charge in [0.05, 0.1) is 23.7 Å². The first-order valence-electron chi connectivity index (χ1n) is 12.0. The maximum absolute atomic E-state index is 13.7. The summed E-state index contributed by atoms with van der Waals surface area (Å²) in [5, 5.41) is 3.30. The van der Waals surface area contributed by atoms with Crippen LogP contribution >= 0.6 is 11.6 Å². The molecule has 0 aromatic heterocycles. The molecular formula is C28H31ClN2O4S. The summed E-state index contributed by atoms with van der Waals surface area (Å²) in [6, 6.07) is 17.2. The van der Waals surface area contributed by atoms with Crippen LogP contribution < -0.4 is 14.4 Å². The highest BCUT2D eigenvalue weighted by atomic mass is 35.5. The monoisotopic (exact) mass is 526 g/mol. The van der Waals surface area contributed by atoms with Crippen molar-refractivity contribution in [2.75, 3.05) is 18.0 Å². The first-order chi connectivity index (χ1) is 17.2. The topological polar surface area (TPSA) is 75.7 Å². The van der Waals surface area contributed by atoms with Gasteiger partial charge in [0, 0.05) is 5.02 Å². The minimum Gasteiger partial charge on any atom is -0.495 e. The number of nitrogens with one attached hydrogen (secondary N) is 1. The molecule has 1 aliphatic rings. The van der Waals surface area contributed by atoms with E-state index in [1.54, 1.807) is 24.3 Å². The molecule has 0 unspecified atom stereocenters. The Morgan fingerprint density at radius 1 is 1.03 bits per heavy atom. The molecule has 0 radical (unpaired) electrons. The third-order valence-electron chi connectivity index (χ3n) is 6.56. The summed E-state index contributed by atoms with van der Waals surface area (Å²) in [6.07, 6.45) is 4.51. The number of hydrogen-bond acceptors (Lipinski definition) is 4. The van der Waals surface area contributed by atoms with E-state index in [9.17, 15) is 13.2 Å². The lowest BCUT2D eigenvalue weighted by molar-refractivity contribution is -0.120. The van der Waals surface area contributed by atoms with Crippen LogP contribution in [-0.2, 0) is 27.7 Å². The average Bonchev–Trinajstić information content (AvgIpc) is 2.87. The molecule has 6 nitrogen and oxygen atoms in total. The lowest BCUT2D eigenvalue weighted by Gasteiger charge is -2.27. The number of amides is 1. The lowest BCUT2D eigenvalue weighted by atomic mass is 9.89. The van der Waals surface area contributed by atoms with Crippen molar-refractivity contribution in [3.05, 3.63) is 87.9 Å². The van der Waals surface area contributed by atoms with E-state index >= 15 is 0 Å². The highest BCUT2D eigenvalue weighted by Crippen LogP contribution is 2.35. The predicted molar refractivity (Wildman–Crippen MR) is 143 cm³/mol. The van der Waals surface area contributed by atoms with Crippen LogP contribution in [0.1, 0.15) is 48.1 Å². The number of carbonyl (C=O) groups excluding carboxylic acids is 1. The summed E-state index contributed by atoms with van der Waals surface area (Å²) in [4.78, 5) is 13.3. The Kier molecular flexibility index (Phi) is 7.91. The zero-order valence-electron chi connectivity index (χ0n) is 20.8. The van der Waals surface area contributed by atoms with Crippen molar-refractivity contribution in [3.63, 3.8) is 0 Å². The number of methoxy groups -OCH3 is 1. The zero-order chi connectivity index (χ0) is 25.9. The standard InChI is InChI=1S/C28H31ClN2O4S/c1-19-8-13-25(14-9-19)36(33,34)31(26-17-24(29)12-15-27(26)35-3)18-28(32)30-20(2)22-11-10-21-6-4-5-7-23(21)16-22/h8-17,20H,4-7,18H2,1-3H3,(H,30,32)/t20-/m1/s1. The van der Waals surface area contributed by atoms with Crippen LogP contribution in [0.4, 0.5) is 5.69 Å². The van der Waals surface area contributed by atoms with Gasteiger partial charge in [0.2, 0.25) is 5.91 Å². The maximum Gasteiger partial charge on any atom is 0.264 e. The molecule has 0 spiro atoms. The number of sulfonamides is 1. The van der Waals surface area contributed by atoms with E-state index in [-0.39, 0.29) is 16.6 Å². The summed E-state index contributed by atoms with van der Waals surface area (Å²) in [6.45, 7) is 3.35. The highest BCUT2D eigenvalue weighted by Gasteiger charge is 2.30. The van der Waals surface area contributed by atoms with Gasteiger partial charge in [0.1, 0.15) is 12.3 Å². The van der Waals surface area contributed by atoms with E-state index in [1.807, 2.05) is 19.9 Å². The minimum absolute atomic E-state index is 0.0747. The van der Waals surface area contributed by atoms with Crippen LogP contribution in [0.25, 0.3) is 0 Å². The Labute approximate surface area is 218 Å². The summed E-state index contributed by atoms with van der Waals surface area (Å²) < 4.78 is 33.9. The van der Waals surface area contributed by atoms with Crippen LogP contribution in [0.3, 0.4) is 0 Å². The van der Waals surface area contributed by atoms with Crippen molar-refractivity contribution >= 4 is 33.2 Å². The van der Waals surface area contributed by atoms with Gasteiger partial charge in [-0.2, -0.15) is 0 Å². The molecule has 0 saturated carbocycles. The fourth-order valence-electron chi connectivity index (χ4n) is 4.52. The van der Waals surface area contributed by atoms with Gasteiger partial charge in [-0.15, -0.1) is 0 Å². The van der Waals surface area contributed by atoms with Crippen molar-refractivity contribution in [2.45, 2.75) is 50.5 Å². The Morgan fingerprint density at radius 3 is 2.42 bits per heavy atom. The zero-order valence-corrected chi connectivity index (χ0v) is 22.3. The number of aryl methyl sites for hydroxylation is 3. The van der Waals surface area contributed by atoms with Crippen molar-refractivity contribution < 1.29 is 17.9 Å². The van der Waals surface area contributed by atoms with Gasteiger partial charge < -0.3 is 10.1 Å². The van der Waals surface area contributed by atoms with Crippen molar-refractivity contribution in [1.29, 1.82) is 0 Å². The average molecular weight is 527 g/mol. The van der Waals surface area contributed by atoms with Gasteiger partial charge in [0.25, 0.3) is 10.0 Å². The van der Waals surface area contributed by atoms with Crippen molar-refractivity contribution in [3.8, 4) is 5.75 Å². The number of rotatable bonds is 8. The van der Waals surface area contributed by atoms with Gasteiger partial charge in [0.15, 0.2) is 0 Å². The second kappa shape index (κ2) is 10.9. The number of halogens is 1. The lowest BCUT2D eigenvalue weighted by Crippen LogP contribution is -2.41. The number of ether oxygens (including phenoxy) is 1. The molecule has 1 amide bonds. The molecule has 0 bridgehead atoms. The molecule has 190 valence electrons. The number of hydrogen-bond donors (Lipinski definition) is 1. The largest absolute Gasteiger partial charge is 0.495 e. The molecule has 36 heavy (non-hydrogen) atoms. The minimum atomic E-state index is -4.09. The van der Waals surface area contributed by atoms with Crippen molar-refractivity contribution in [1.82, 2.24) is 5.32 Å². The second-order valence-corrected chi connectivity index (χ2v) is 11.5. The van der Waals surface area contributed by atoms with Gasteiger partial charge in [-0.25, -0.2) is 8.42 Å². The summed E-state index contributed by atoms with van der Waals surface area (Å²) >= 11 is 6.22. The third-order valence-corrected chi connectivity index (χ3v) is 8.56. The SMILES string of the molecule is COc1ccc(Cl)cc1N(CC(=O)N[C@H](C)c1ccc2c(c1)CCCC2)S(=O)(=O)c1ccc(C)cc1. The van der Waals surface area contributed by atoms with Crippen LogP contribution in [-0.4, -0.2) is 28.0 Å². The van der Waals surface area contributed by atoms with E-state index in [0.29, 0.717) is 10.8 Å². The molecular weight excluding hydrogens is 496 g/mol. The first kappa shape index (κ1) is 26.0. The molecule has 0 heterocycles. The summed E-state index contributed by atoms with van der Waals surface area (Å²) in [7, 11) is -2.65. The summed E-state index contributed by atoms with van der Waals surface area (Å²) in [5.74, 6) is -0.136. The molecule has 4 rings (SSSR count). The predicted octanol–water partition coefficient (Wildman–Crippen LogP) is 5.61. The number of anilines is 1. The molecule has 8 heteroatoms. The molecule has 0 aliphatic heterocycles. The van der Waals surface area contributed by atoms with Crippen LogP contribution in [0.15, 0.2) is 65.6 Å². The van der Waals surface area contributed by atoms with Gasteiger partial charge in [-0.1, -0.05) is 47.5 Å². The molecule has 0 fully saturated rings. The van der Waals surface area contributed by atoms with Crippen LogP contribution in [0.2, 0.25) is 5.02 Å². The molecule has 1 atom stereocenters. The molecule has 1 N–H and O–H groups in total. The number of benzene rings is 3. The van der Waals surface area contributed by atoms with E-state index in [1.165, 1.54) is 49.3 Å². The van der Waals surface area contributed by atoms with Crippen LogP contribution in [0, 0.1) is 6.92 Å². The van der Waals surface area contributed by atoms with E-state index in [4.69, 9.17) is 16.3 Å². The maximum atomic E-state index is 13.7. The van der Waals surface area contributed by atoms with Gasteiger partial charge in [-0.3, -0.25) is 9.10 Å². The van der Waals surface area contributed by atoms with Gasteiger partial charge >= 0.3 is 0 Å². The molecule has 3 aromatic carbocycles. The van der Waals surface area contributed by atoms with Crippen molar-refractivity contribution in [2.24, 2.45) is 0 Å². The molecule has 0 saturated heterocycles. The first-order valence-corrected chi connectivity index (χ1v) is 13.8. The fourth-order valence-corrected chi connectivity index (χ4v) is 6.11. The Hall–Kier alpha value is -3.03. The molecule has 1 aliphatic carbocycles. The number of carbonyl (C=O) groups is 1. The van der Waals surface area contributed by atoms with E-state index < -0.39 is 22.5 Å². The van der Waals surface area contributed by atoms with Gasteiger partial charge in [-0.05, 0) is 86.6 Å².